The van der Waals surface area contributed by atoms with Gasteiger partial charge in [0.05, 0.1) is 6.20 Å². The molecule has 0 saturated heterocycles. The molecule has 4 rings (SSSR count). The number of hydrogen-bond acceptors (Lipinski definition) is 4. The van der Waals surface area contributed by atoms with E-state index in [1.165, 1.54) is 0 Å². The molecule has 0 aliphatic carbocycles. The fourth-order valence-electron chi connectivity index (χ4n) is 3.21. The monoisotopic (exact) mass is 361 g/mol. The number of carbonyl (C=O) groups excluding carboxylic acids is 2. The summed E-state index contributed by atoms with van der Waals surface area (Å²) in [6.07, 6.45) is 4.41. The van der Waals surface area contributed by atoms with E-state index in [1.807, 2.05) is 43.3 Å². The lowest BCUT2D eigenvalue weighted by Crippen LogP contribution is -2.41. The van der Waals surface area contributed by atoms with Crippen molar-refractivity contribution in [2.75, 3.05) is 16.8 Å². The fraction of sp³-hybridized carbons (Fsp3) is 0.200. The predicted molar refractivity (Wildman–Crippen MR) is 102 cm³/mol. The summed E-state index contributed by atoms with van der Waals surface area (Å²) < 4.78 is 1.57. The fourth-order valence-corrected chi connectivity index (χ4v) is 3.21. The van der Waals surface area contributed by atoms with Crippen molar-refractivity contribution in [1.29, 1.82) is 0 Å². The summed E-state index contributed by atoms with van der Waals surface area (Å²) in [5.74, 6) is 0.803. The Balaban J connectivity index is 1.53. The summed E-state index contributed by atoms with van der Waals surface area (Å²) in [6.45, 7) is 1.93. The number of pyridine rings is 1. The van der Waals surface area contributed by atoms with Gasteiger partial charge in [-0.15, -0.1) is 0 Å². The molecule has 1 aliphatic heterocycles. The van der Waals surface area contributed by atoms with Gasteiger partial charge in [0.15, 0.2) is 5.82 Å². The number of benzene rings is 1. The van der Waals surface area contributed by atoms with Crippen LogP contribution in [0.25, 0.3) is 5.82 Å². The third kappa shape index (κ3) is 3.44. The summed E-state index contributed by atoms with van der Waals surface area (Å²) in [4.78, 5) is 30.8. The Bertz CT molecular complexity index is 1010. The smallest absolute Gasteiger partial charge is 0.245 e. The van der Waals surface area contributed by atoms with Gasteiger partial charge < -0.3 is 10.2 Å². The van der Waals surface area contributed by atoms with Crippen LogP contribution in [0.5, 0.6) is 0 Å². The molecule has 0 fully saturated rings. The summed E-state index contributed by atoms with van der Waals surface area (Å²) in [6, 6.07) is 13.2. The Kier molecular flexibility index (Phi) is 4.42. The maximum atomic E-state index is 12.6. The van der Waals surface area contributed by atoms with Crippen LogP contribution < -0.4 is 10.2 Å². The molecule has 0 spiro atoms. The van der Waals surface area contributed by atoms with Crippen LogP contribution in [0, 0.1) is 6.92 Å². The molecule has 0 atom stereocenters. The van der Waals surface area contributed by atoms with Gasteiger partial charge >= 0.3 is 0 Å². The predicted octanol–water partition coefficient (Wildman–Crippen LogP) is 2.49. The van der Waals surface area contributed by atoms with E-state index in [4.69, 9.17) is 0 Å². The molecule has 0 unspecified atom stereocenters. The Labute approximate surface area is 156 Å². The third-order valence-corrected chi connectivity index (χ3v) is 4.52. The summed E-state index contributed by atoms with van der Waals surface area (Å²) in [5.41, 5.74) is 2.93. The van der Waals surface area contributed by atoms with Crippen LogP contribution in [0.4, 0.5) is 11.5 Å². The third-order valence-electron chi connectivity index (χ3n) is 4.52. The maximum absolute atomic E-state index is 12.6. The summed E-state index contributed by atoms with van der Waals surface area (Å²) in [7, 11) is 0. The van der Waals surface area contributed by atoms with E-state index in [0.717, 1.165) is 16.8 Å². The van der Waals surface area contributed by atoms with Crippen LogP contribution in [-0.2, 0) is 16.0 Å². The Morgan fingerprint density at radius 1 is 1.15 bits per heavy atom. The molecule has 27 heavy (non-hydrogen) atoms. The zero-order valence-corrected chi connectivity index (χ0v) is 14.9. The van der Waals surface area contributed by atoms with Gasteiger partial charge in [-0.25, -0.2) is 4.98 Å². The van der Waals surface area contributed by atoms with Crippen molar-refractivity contribution in [3.05, 3.63) is 66.0 Å². The SMILES string of the molecule is Cc1ccnc(-n2nccc2NC(=O)CN2C(=O)CCc3ccccc32)c1. The minimum absolute atomic E-state index is 0.0394. The van der Waals surface area contributed by atoms with Crippen LogP contribution in [0.3, 0.4) is 0 Å². The van der Waals surface area contributed by atoms with E-state index >= 15 is 0 Å². The Morgan fingerprint density at radius 3 is 2.85 bits per heavy atom. The lowest BCUT2D eigenvalue weighted by atomic mass is 10.0. The highest BCUT2D eigenvalue weighted by molar-refractivity contribution is 6.04. The topological polar surface area (TPSA) is 80.1 Å². The number of fused-ring (bicyclic) bond motifs is 1. The first-order valence-electron chi connectivity index (χ1n) is 8.77. The number of aryl methyl sites for hydroxylation is 2. The van der Waals surface area contributed by atoms with Gasteiger partial charge in [-0.1, -0.05) is 18.2 Å². The zero-order chi connectivity index (χ0) is 18.8. The van der Waals surface area contributed by atoms with Gasteiger partial charge in [-0.3, -0.25) is 9.59 Å². The first kappa shape index (κ1) is 17.0. The normalized spacial score (nSPS) is 13.4. The second-order valence-electron chi connectivity index (χ2n) is 6.48. The van der Waals surface area contributed by atoms with Gasteiger partial charge in [0.25, 0.3) is 0 Å². The molecule has 0 bridgehead atoms. The number of rotatable bonds is 4. The highest BCUT2D eigenvalue weighted by atomic mass is 16.2. The number of nitrogens with zero attached hydrogens (tertiary/aromatic N) is 4. The van der Waals surface area contributed by atoms with E-state index < -0.39 is 0 Å². The second kappa shape index (κ2) is 7.03. The number of para-hydroxylation sites is 1. The van der Waals surface area contributed by atoms with Crippen LogP contribution in [-0.4, -0.2) is 33.1 Å². The Hall–Kier alpha value is -3.48. The molecule has 0 radical (unpaired) electrons. The van der Waals surface area contributed by atoms with Gasteiger partial charge in [0.1, 0.15) is 12.4 Å². The van der Waals surface area contributed by atoms with Crippen LogP contribution in [0.15, 0.2) is 54.9 Å². The number of carbonyl (C=O) groups is 2. The van der Waals surface area contributed by atoms with Crippen molar-refractivity contribution >= 4 is 23.3 Å². The second-order valence-corrected chi connectivity index (χ2v) is 6.48. The molecule has 1 N–H and O–H groups in total. The number of nitrogens with one attached hydrogen (secondary N) is 1. The van der Waals surface area contributed by atoms with E-state index in [1.54, 1.807) is 28.0 Å². The molecule has 7 heteroatoms. The number of hydrogen-bond donors (Lipinski definition) is 1. The lowest BCUT2D eigenvalue weighted by Gasteiger charge is -2.28. The van der Waals surface area contributed by atoms with Crippen LogP contribution >= 0.6 is 0 Å². The number of aromatic nitrogens is 3. The van der Waals surface area contributed by atoms with Crippen molar-refractivity contribution in [1.82, 2.24) is 14.8 Å². The molecule has 1 aromatic carbocycles. The van der Waals surface area contributed by atoms with E-state index in [9.17, 15) is 9.59 Å². The first-order valence-corrected chi connectivity index (χ1v) is 8.77. The molecule has 1 aliphatic rings. The van der Waals surface area contributed by atoms with E-state index in [0.29, 0.717) is 24.5 Å². The summed E-state index contributed by atoms with van der Waals surface area (Å²) >= 11 is 0. The molecular weight excluding hydrogens is 342 g/mol. The molecule has 0 saturated carbocycles. The van der Waals surface area contributed by atoms with Gasteiger partial charge in [0, 0.05) is 24.4 Å². The molecule has 2 amide bonds. The van der Waals surface area contributed by atoms with Crippen LogP contribution in [0.1, 0.15) is 17.5 Å². The highest BCUT2D eigenvalue weighted by Gasteiger charge is 2.26. The first-order chi connectivity index (χ1) is 13.1. The molecule has 2 aromatic heterocycles. The average molecular weight is 361 g/mol. The summed E-state index contributed by atoms with van der Waals surface area (Å²) in [5, 5.41) is 7.07. The minimum Gasteiger partial charge on any atom is -0.309 e. The standard InChI is InChI=1S/C20H19N5O2/c1-14-8-10-21-18(12-14)25-17(9-11-22-25)23-19(26)13-24-16-5-3-2-4-15(16)6-7-20(24)27/h2-5,8-12H,6-7,13H2,1H3,(H,23,26). The Morgan fingerprint density at radius 2 is 2.00 bits per heavy atom. The van der Waals surface area contributed by atoms with Gasteiger partial charge in [0.2, 0.25) is 11.8 Å². The molecule has 3 heterocycles. The molecule has 7 nitrogen and oxygen atoms in total. The van der Waals surface area contributed by atoms with E-state index in [-0.39, 0.29) is 18.4 Å². The lowest BCUT2D eigenvalue weighted by molar-refractivity contribution is -0.121. The van der Waals surface area contributed by atoms with Crippen molar-refractivity contribution in [2.45, 2.75) is 19.8 Å². The highest BCUT2D eigenvalue weighted by Crippen LogP contribution is 2.27. The average Bonchev–Trinajstić information content (AvgIpc) is 3.12. The van der Waals surface area contributed by atoms with Crippen LogP contribution in [0.2, 0.25) is 0 Å². The largest absolute Gasteiger partial charge is 0.309 e. The minimum atomic E-state index is -0.283. The zero-order valence-electron chi connectivity index (χ0n) is 14.9. The van der Waals surface area contributed by atoms with Crippen molar-refractivity contribution in [3.63, 3.8) is 0 Å². The maximum Gasteiger partial charge on any atom is 0.245 e. The number of amides is 2. The van der Waals surface area contributed by atoms with Crippen molar-refractivity contribution in [2.24, 2.45) is 0 Å². The number of anilines is 2. The van der Waals surface area contributed by atoms with Gasteiger partial charge in [-0.05, 0) is 42.7 Å². The molecule has 136 valence electrons. The molecule has 3 aromatic rings. The molecular formula is C20H19N5O2. The van der Waals surface area contributed by atoms with E-state index in [2.05, 4.69) is 15.4 Å². The van der Waals surface area contributed by atoms with Gasteiger partial charge in [-0.2, -0.15) is 9.78 Å². The quantitative estimate of drug-likeness (QED) is 0.774. The van der Waals surface area contributed by atoms with Crippen molar-refractivity contribution in [3.8, 4) is 5.82 Å². The van der Waals surface area contributed by atoms with Crippen molar-refractivity contribution < 1.29 is 9.59 Å².